The smallest absolute Gasteiger partial charge is 0.398 e. The molecule has 9 heteroatoms. The van der Waals surface area contributed by atoms with Gasteiger partial charge in [0, 0.05) is 10.7 Å². The van der Waals surface area contributed by atoms with Gasteiger partial charge < -0.3 is 9.73 Å². The summed E-state index contributed by atoms with van der Waals surface area (Å²) in [7, 11) is 0. The molecule has 3 aromatic rings. The first-order chi connectivity index (χ1) is 10.1. The number of nitro groups is 1. The van der Waals surface area contributed by atoms with E-state index in [1.165, 1.54) is 23.5 Å². The summed E-state index contributed by atoms with van der Waals surface area (Å²) in [4.78, 5) is 9.98. The van der Waals surface area contributed by atoms with Gasteiger partial charge in [-0.05, 0) is 30.3 Å². The number of rotatable bonds is 4. The fourth-order valence-electron chi connectivity index (χ4n) is 1.57. The van der Waals surface area contributed by atoms with E-state index in [0.29, 0.717) is 20.9 Å². The van der Waals surface area contributed by atoms with Crippen molar-refractivity contribution in [1.82, 2.24) is 10.2 Å². The maximum Gasteiger partial charge on any atom is 0.433 e. The molecule has 0 bridgehead atoms. The van der Waals surface area contributed by atoms with Crippen LogP contribution in [0.4, 0.5) is 16.7 Å². The lowest BCUT2D eigenvalue weighted by Crippen LogP contribution is -1.88. The number of benzene rings is 1. The Bertz CT molecular complexity index is 784. The van der Waals surface area contributed by atoms with E-state index in [9.17, 15) is 10.1 Å². The molecule has 21 heavy (non-hydrogen) atoms. The van der Waals surface area contributed by atoms with Crippen LogP contribution in [0.15, 0.2) is 40.8 Å². The third-order valence-electron chi connectivity index (χ3n) is 2.50. The maximum atomic E-state index is 10.6. The number of hydrogen-bond acceptors (Lipinski definition) is 7. The Kier molecular flexibility index (Phi) is 3.55. The molecule has 0 aliphatic heterocycles. The first-order valence-electron chi connectivity index (χ1n) is 5.72. The Hall–Kier alpha value is -2.45. The summed E-state index contributed by atoms with van der Waals surface area (Å²) in [6.07, 6.45) is 0. The van der Waals surface area contributed by atoms with Crippen molar-refractivity contribution in [3.8, 4) is 10.8 Å². The van der Waals surface area contributed by atoms with Crippen molar-refractivity contribution in [2.24, 2.45) is 0 Å². The predicted molar refractivity (Wildman–Crippen MR) is 79.0 cm³/mol. The van der Waals surface area contributed by atoms with Crippen LogP contribution in [0, 0.1) is 10.1 Å². The second-order valence-corrected chi connectivity index (χ2v) is 5.35. The van der Waals surface area contributed by atoms with Gasteiger partial charge >= 0.3 is 5.88 Å². The Labute approximate surface area is 127 Å². The van der Waals surface area contributed by atoms with Gasteiger partial charge in [-0.2, -0.15) is 0 Å². The van der Waals surface area contributed by atoms with Gasteiger partial charge in [-0.15, -0.1) is 10.2 Å². The van der Waals surface area contributed by atoms with Crippen LogP contribution < -0.4 is 5.32 Å². The maximum absolute atomic E-state index is 10.6. The number of anilines is 2. The van der Waals surface area contributed by atoms with E-state index in [1.54, 1.807) is 24.3 Å². The molecule has 0 atom stereocenters. The summed E-state index contributed by atoms with van der Waals surface area (Å²) in [5.74, 6) is -0.0178. The Morgan fingerprint density at radius 3 is 2.62 bits per heavy atom. The normalized spacial score (nSPS) is 10.5. The van der Waals surface area contributed by atoms with Crippen LogP contribution in [0.5, 0.6) is 0 Å². The highest BCUT2D eigenvalue weighted by Crippen LogP contribution is 2.31. The zero-order valence-corrected chi connectivity index (χ0v) is 11.9. The molecule has 3 rings (SSSR count). The van der Waals surface area contributed by atoms with Crippen LogP contribution >= 0.6 is 22.9 Å². The summed E-state index contributed by atoms with van der Waals surface area (Å²) in [5, 5.41) is 23.2. The van der Waals surface area contributed by atoms with E-state index in [0.717, 1.165) is 5.69 Å². The van der Waals surface area contributed by atoms with Gasteiger partial charge in [0.25, 0.3) is 0 Å². The van der Waals surface area contributed by atoms with Gasteiger partial charge in [-0.1, -0.05) is 22.9 Å². The average Bonchev–Trinajstić information content (AvgIpc) is 3.10. The molecule has 0 aliphatic rings. The van der Waals surface area contributed by atoms with Gasteiger partial charge in [-0.3, -0.25) is 10.1 Å². The summed E-state index contributed by atoms with van der Waals surface area (Å²) < 4.78 is 5.07. The van der Waals surface area contributed by atoms with Crippen LogP contribution in [0.1, 0.15) is 0 Å². The minimum absolute atomic E-state index is 0.309. The van der Waals surface area contributed by atoms with Gasteiger partial charge in [0.2, 0.25) is 5.13 Å². The van der Waals surface area contributed by atoms with Crippen molar-refractivity contribution in [3.05, 3.63) is 51.5 Å². The van der Waals surface area contributed by atoms with Crippen molar-refractivity contribution in [1.29, 1.82) is 0 Å². The van der Waals surface area contributed by atoms with E-state index in [1.807, 2.05) is 0 Å². The van der Waals surface area contributed by atoms with E-state index in [4.69, 9.17) is 16.0 Å². The van der Waals surface area contributed by atoms with Crippen molar-refractivity contribution in [2.45, 2.75) is 0 Å². The predicted octanol–water partition coefficient (Wildman–Crippen LogP) is 4.10. The lowest BCUT2D eigenvalue weighted by Gasteiger charge is -2.00. The van der Waals surface area contributed by atoms with Gasteiger partial charge in [-0.25, -0.2) is 0 Å². The van der Waals surface area contributed by atoms with Gasteiger partial charge in [0.05, 0.1) is 6.07 Å². The largest absolute Gasteiger partial charge is 0.433 e. The van der Waals surface area contributed by atoms with Gasteiger partial charge in [0.15, 0.2) is 10.8 Å². The molecule has 0 fully saturated rings. The Morgan fingerprint density at radius 2 is 1.95 bits per heavy atom. The molecule has 0 amide bonds. The van der Waals surface area contributed by atoms with Crippen molar-refractivity contribution >= 4 is 39.6 Å². The zero-order chi connectivity index (χ0) is 14.8. The van der Waals surface area contributed by atoms with Gasteiger partial charge in [0.1, 0.15) is 4.92 Å². The number of aromatic nitrogens is 2. The molecule has 0 radical (unpaired) electrons. The van der Waals surface area contributed by atoms with E-state index in [-0.39, 0.29) is 5.88 Å². The molecule has 0 spiro atoms. The molecule has 7 nitrogen and oxygen atoms in total. The molecular weight excluding hydrogens is 316 g/mol. The molecule has 0 saturated heterocycles. The van der Waals surface area contributed by atoms with Crippen LogP contribution in [0.25, 0.3) is 10.8 Å². The van der Waals surface area contributed by atoms with E-state index >= 15 is 0 Å². The Balaban J connectivity index is 1.79. The first-order valence-corrected chi connectivity index (χ1v) is 6.92. The quantitative estimate of drug-likeness (QED) is 0.574. The zero-order valence-electron chi connectivity index (χ0n) is 10.3. The summed E-state index contributed by atoms with van der Waals surface area (Å²) >= 11 is 7.03. The van der Waals surface area contributed by atoms with Crippen molar-refractivity contribution in [2.75, 3.05) is 5.32 Å². The van der Waals surface area contributed by atoms with E-state index in [2.05, 4.69) is 15.5 Å². The van der Waals surface area contributed by atoms with E-state index < -0.39 is 4.92 Å². The molecule has 0 saturated carbocycles. The molecule has 0 aliphatic carbocycles. The molecule has 1 N–H and O–H groups in total. The standard InChI is InChI=1S/C12H7ClN4O3S/c13-7-1-3-8(4-2-7)14-12-16-15-11(21-12)9-5-6-10(20-9)17(18)19/h1-6H,(H,14,16). The number of hydrogen-bond donors (Lipinski definition) is 1. The third-order valence-corrected chi connectivity index (χ3v) is 3.61. The summed E-state index contributed by atoms with van der Waals surface area (Å²) in [6, 6.07) is 9.89. The lowest BCUT2D eigenvalue weighted by molar-refractivity contribution is -0.401. The van der Waals surface area contributed by atoms with Crippen LogP contribution in [-0.2, 0) is 0 Å². The fraction of sp³-hybridized carbons (Fsp3) is 0. The average molecular weight is 323 g/mol. The molecule has 2 heterocycles. The number of nitrogens with one attached hydrogen (secondary N) is 1. The van der Waals surface area contributed by atoms with Crippen LogP contribution in [-0.4, -0.2) is 15.1 Å². The molecule has 106 valence electrons. The number of nitrogens with zero attached hydrogens (tertiary/aromatic N) is 3. The second kappa shape index (κ2) is 5.51. The molecule has 0 unspecified atom stereocenters. The molecule has 2 aromatic heterocycles. The number of halogens is 1. The monoisotopic (exact) mass is 322 g/mol. The number of furan rings is 1. The lowest BCUT2D eigenvalue weighted by atomic mass is 10.3. The first kappa shape index (κ1) is 13.5. The SMILES string of the molecule is O=[N+]([O-])c1ccc(-c2nnc(Nc3ccc(Cl)cc3)s2)o1. The van der Waals surface area contributed by atoms with Crippen molar-refractivity contribution in [3.63, 3.8) is 0 Å². The minimum atomic E-state index is -0.600. The fourth-order valence-corrected chi connectivity index (χ4v) is 2.42. The van der Waals surface area contributed by atoms with Crippen LogP contribution in [0.2, 0.25) is 5.02 Å². The summed E-state index contributed by atoms with van der Waals surface area (Å²) in [5.41, 5.74) is 0.813. The molecule has 1 aromatic carbocycles. The minimum Gasteiger partial charge on any atom is -0.398 e. The highest BCUT2D eigenvalue weighted by molar-refractivity contribution is 7.18. The topological polar surface area (TPSA) is 94.1 Å². The summed E-state index contributed by atoms with van der Waals surface area (Å²) in [6.45, 7) is 0. The highest BCUT2D eigenvalue weighted by atomic mass is 35.5. The second-order valence-electron chi connectivity index (χ2n) is 3.94. The third kappa shape index (κ3) is 3.01. The molecular formula is C12H7ClN4O3S. The Morgan fingerprint density at radius 1 is 1.19 bits per heavy atom. The highest BCUT2D eigenvalue weighted by Gasteiger charge is 2.16. The van der Waals surface area contributed by atoms with Crippen LogP contribution in [0.3, 0.4) is 0 Å². The van der Waals surface area contributed by atoms with Crippen molar-refractivity contribution < 1.29 is 9.34 Å².